The normalized spacial score (nSPS) is 12.5. The van der Waals surface area contributed by atoms with Crippen LogP contribution >= 0.6 is 23.1 Å². The second kappa shape index (κ2) is 9.39. The largest absolute Gasteiger partial charge is 0.467 e. The quantitative estimate of drug-likeness (QED) is 0.419. The lowest BCUT2D eigenvalue weighted by atomic mass is 10.1. The molecule has 0 saturated heterocycles. The van der Waals surface area contributed by atoms with E-state index < -0.39 is 10.0 Å². The molecule has 0 bridgehead atoms. The predicted octanol–water partition coefficient (Wildman–Crippen LogP) is 2.36. The summed E-state index contributed by atoms with van der Waals surface area (Å²) in [5, 5.41) is 19.8. The van der Waals surface area contributed by atoms with Gasteiger partial charge in [-0.3, -0.25) is 4.79 Å². The molecular weight excluding hydrogens is 434 g/mol. The summed E-state index contributed by atoms with van der Waals surface area (Å²) >= 11 is 2.64. The smallest absolute Gasteiger partial charge is 0.238 e. The highest BCUT2D eigenvalue weighted by molar-refractivity contribution is 8.01. The molecule has 0 fully saturated rings. The number of nitrogens with zero attached hydrogens (tertiary/aromatic N) is 2. The van der Waals surface area contributed by atoms with Crippen molar-refractivity contribution in [1.82, 2.24) is 15.5 Å². The van der Waals surface area contributed by atoms with E-state index in [1.807, 2.05) is 19.1 Å². The Morgan fingerprint density at radius 3 is 2.69 bits per heavy atom. The molecule has 0 aliphatic carbocycles. The molecule has 1 atom stereocenters. The van der Waals surface area contributed by atoms with E-state index >= 15 is 0 Å². The monoisotopic (exact) mass is 453 g/mol. The van der Waals surface area contributed by atoms with Gasteiger partial charge in [0.25, 0.3) is 0 Å². The van der Waals surface area contributed by atoms with Gasteiger partial charge >= 0.3 is 0 Å². The molecule has 12 heteroatoms. The first-order chi connectivity index (χ1) is 13.8. The van der Waals surface area contributed by atoms with E-state index in [4.69, 9.17) is 9.56 Å². The Labute approximate surface area is 176 Å². The van der Waals surface area contributed by atoms with Crippen molar-refractivity contribution < 1.29 is 17.6 Å². The van der Waals surface area contributed by atoms with E-state index in [9.17, 15) is 13.2 Å². The number of nitrogens with two attached hydrogens (primary N) is 1. The summed E-state index contributed by atoms with van der Waals surface area (Å²) in [4.78, 5) is 12.2. The van der Waals surface area contributed by atoms with Crippen LogP contribution in [0.2, 0.25) is 0 Å². The van der Waals surface area contributed by atoms with E-state index in [1.54, 1.807) is 18.4 Å². The number of aromatic nitrogens is 2. The number of amides is 1. The molecule has 0 unspecified atom stereocenters. The minimum absolute atomic E-state index is 0.0306. The molecule has 29 heavy (non-hydrogen) atoms. The molecule has 0 spiro atoms. The molecule has 9 nitrogen and oxygen atoms in total. The SMILES string of the molecule is C[C@H](NC(=O)CSc1nnc(NCc2ccco2)s1)c1ccc(S(N)(=O)=O)cc1. The van der Waals surface area contributed by atoms with Crippen LogP contribution in [0.3, 0.4) is 0 Å². The Balaban J connectivity index is 1.46. The van der Waals surface area contributed by atoms with E-state index in [1.165, 1.54) is 35.2 Å². The lowest BCUT2D eigenvalue weighted by Gasteiger charge is -2.14. The van der Waals surface area contributed by atoms with Gasteiger partial charge in [0.15, 0.2) is 4.34 Å². The summed E-state index contributed by atoms with van der Waals surface area (Å²) < 4.78 is 28.5. The Kier molecular flexibility index (Phi) is 6.90. The van der Waals surface area contributed by atoms with Crippen molar-refractivity contribution in [3.05, 3.63) is 54.0 Å². The molecule has 0 aliphatic heterocycles. The Morgan fingerprint density at radius 2 is 2.03 bits per heavy atom. The number of carbonyl (C=O) groups excluding carboxylic acids is 1. The molecule has 1 amide bonds. The van der Waals surface area contributed by atoms with Gasteiger partial charge in [-0.15, -0.1) is 10.2 Å². The molecule has 0 radical (unpaired) electrons. The lowest BCUT2D eigenvalue weighted by molar-refractivity contribution is -0.119. The number of anilines is 1. The van der Waals surface area contributed by atoms with Crippen molar-refractivity contribution in [3.8, 4) is 0 Å². The fraction of sp³-hybridized carbons (Fsp3) is 0.235. The number of hydrogen-bond donors (Lipinski definition) is 3. The van der Waals surface area contributed by atoms with Gasteiger partial charge in [0.2, 0.25) is 21.1 Å². The number of carbonyl (C=O) groups is 1. The maximum absolute atomic E-state index is 12.2. The minimum atomic E-state index is -3.74. The molecule has 154 valence electrons. The fourth-order valence-corrected chi connectivity index (χ4v) is 4.43. The summed E-state index contributed by atoms with van der Waals surface area (Å²) in [6.45, 7) is 2.32. The van der Waals surface area contributed by atoms with Crippen molar-refractivity contribution in [2.45, 2.75) is 28.7 Å². The molecule has 3 aromatic rings. The van der Waals surface area contributed by atoms with Crippen LogP contribution in [0.4, 0.5) is 5.13 Å². The number of benzene rings is 1. The van der Waals surface area contributed by atoms with Crippen LogP contribution in [0, 0.1) is 0 Å². The van der Waals surface area contributed by atoms with Crippen LogP contribution < -0.4 is 15.8 Å². The number of primary sulfonamides is 1. The van der Waals surface area contributed by atoms with Gasteiger partial charge in [-0.2, -0.15) is 0 Å². The number of rotatable bonds is 9. The summed E-state index contributed by atoms with van der Waals surface area (Å²) in [6.07, 6.45) is 1.60. The lowest BCUT2D eigenvalue weighted by Crippen LogP contribution is -2.28. The van der Waals surface area contributed by atoms with Crippen molar-refractivity contribution in [1.29, 1.82) is 0 Å². The van der Waals surface area contributed by atoms with Gasteiger partial charge < -0.3 is 15.1 Å². The van der Waals surface area contributed by atoms with Gasteiger partial charge in [0.1, 0.15) is 5.76 Å². The van der Waals surface area contributed by atoms with Gasteiger partial charge in [-0.05, 0) is 36.8 Å². The molecule has 0 saturated carbocycles. The first kappa shape index (κ1) is 21.3. The highest BCUT2D eigenvalue weighted by Gasteiger charge is 2.13. The second-order valence-corrected chi connectivity index (χ2v) is 9.76. The van der Waals surface area contributed by atoms with Crippen LogP contribution in [0.1, 0.15) is 24.3 Å². The zero-order valence-electron chi connectivity index (χ0n) is 15.4. The van der Waals surface area contributed by atoms with Gasteiger partial charge in [-0.1, -0.05) is 35.2 Å². The number of hydrogen-bond acceptors (Lipinski definition) is 9. The number of nitrogens with one attached hydrogen (secondary N) is 2. The first-order valence-corrected chi connectivity index (χ1v) is 11.8. The van der Waals surface area contributed by atoms with Gasteiger partial charge in [-0.25, -0.2) is 13.6 Å². The molecule has 4 N–H and O–H groups in total. The molecule has 1 aromatic carbocycles. The average Bonchev–Trinajstić information content (AvgIpc) is 3.36. The number of thioether (sulfide) groups is 1. The fourth-order valence-electron chi connectivity index (χ4n) is 2.36. The third kappa shape index (κ3) is 6.29. The Bertz CT molecular complexity index is 1050. The Hall–Kier alpha value is -2.41. The third-order valence-electron chi connectivity index (χ3n) is 3.81. The van der Waals surface area contributed by atoms with Crippen molar-refractivity contribution >= 4 is 44.2 Å². The van der Waals surface area contributed by atoms with Crippen LogP contribution in [0.15, 0.2) is 56.3 Å². The highest BCUT2D eigenvalue weighted by Crippen LogP contribution is 2.26. The van der Waals surface area contributed by atoms with Crippen molar-refractivity contribution in [2.24, 2.45) is 5.14 Å². The summed E-state index contributed by atoms with van der Waals surface area (Å²) in [6, 6.07) is 9.47. The first-order valence-electron chi connectivity index (χ1n) is 8.46. The van der Waals surface area contributed by atoms with E-state index in [0.717, 1.165) is 11.3 Å². The Morgan fingerprint density at radius 1 is 1.28 bits per heavy atom. The van der Waals surface area contributed by atoms with Crippen LogP contribution in [0.25, 0.3) is 0 Å². The third-order valence-corrected chi connectivity index (χ3v) is 6.76. The van der Waals surface area contributed by atoms with E-state index in [2.05, 4.69) is 20.8 Å². The zero-order valence-corrected chi connectivity index (χ0v) is 17.8. The molecule has 2 heterocycles. The second-order valence-electron chi connectivity index (χ2n) is 6.00. The minimum Gasteiger partial charge on any atom is -0.467 e. The number of furan rings is 1. The summed E-state index contributed by atoms with van der Waals surface area (Å²) in [5.74, 6) is 0.810. The van der Waals surface area contributed by atoms with Crippen molar-refractivity contribution in [3.63, 3.8) is 0 Å². The topological polar surface area (TPSA) is 140 Å². The predicted molar refractivity (Wildman–Crippen MR) is 111 cm³/mol. The molecule has 3 rings (SSSR count). The van der Waals surface area contributed by atoms with E-state index in [-0.39, 0.29) is 22.6 Å². The van der Waals surface area contributed by atoms with Crippen LogP contribution in [-0.2, 0) is 21.4 Å². The van der Waals surface area contributed by atoms with Crippen LogP contribution in [0.5, 0.6) is 0 Å². The standard InChI is InChI=1S/C17H19N5O4S3/c1-11(12-4-6-14(7-5-12)29(18,24)25)20-15(23)10-27-17-22-21-16(28-17)19-9-13-3-2-8-26-13/h2-8,11H,9-10H2,1H3,(H,19,21)(H,20,23)(H2,18,24,25)/t11-/m0/s1. The molecule has 2 aromatic heterocycles. The van der Waals surface area contributed by atoms with Crippen LogP contribution in [-0.4, -0.2) is 30.3 Å². The van der Waals surface area contributed by atoms with E-state index in [0.29, 0.717) is 16.0 Å². The maximum atomic E-state index is 12.2. The molecule has 0 aliphatic rings. The van der Waals surface area contributed by atoms with Gasteiger partial charge in [0.05, 0.1) is 29.5 Å². The zero-order chi connectivity index (χ0) is 20.9. The van der Waals surface area contributed by atoms with Crippen molar-refractivity contribution in [2.75, 3.05) is 11.1 Å². The summed E-state index contributed by atoms with van der Waals surface area (Å²) in [7, 11) is -3.74. The maximum Gasteiger partial charge on any atom is 0.238 e. The summed E-state index contributed by atoms with van der Waals surface area (Å²) in [5.41, 5.74) is 0.774. The highest BCUT2D eigenvalue weighted by atomic mass is 32.2. The number of sulfonamides is 1. The van der Waals surface area contributed by atoms with Gasteiger partial charge in [0, 0.05) is 0 Å². The molecular formula is C17H19N5O4S3. The average molecular weight is 454 g/mol.